The molecular weight excluding hydrogens is 173 g/mol. The van der Waals surface area contributed by atoms with Crippen molar-refractivity contribution in [1.82, 2.24) is 0 Å². The first kappa shape index (κ1) is 8.19. The van der Waals surface area contributed by atoms with Crippen molar-refractivity contribution in [1.29, 1.82) is 0 Å². The lowest BCUT2D eigenvalue weighted by Crippen LogP contribution is -2.14. The van der Waals surface area contributed by atoms with Crippen molar-refractivity contribution in [3.63, 3.8) is 0 Å². The van der Waals surface area contributed by atoms with E-state index in [0.29, 0.717) is 11.3 Å². The number of hydrogen-bond acceptors (Lipinski definition) is 2. The molecule has 1 aliphatic rings. The van der Waals surface area contributed by atoms with Crippen molar-refractivity contribution in [3.05, 3.63) is 29.6 Å². The highest BCUT2D eigenvalue weighted by molar-refractivity contribution is 5.92. The number of anilines is 1. The van der Waals surface area contributed by atoms with Crippen molar-refractivity contribution in [2.75, 3.05) is 11.9 Å². The van der Waals surface area contributed by atoms with Gasteiger partial charge < -0.3 is 10.1 Å². The molecule has 0 aliphatic carbocycles. The van der Waals surface area contributed by atoms with Crippen LogP contribution in [0.4, 0.5) is 10.1 Å². The van der Waals surface area contributed by atoms with Crippen molar-refractivity contribution < 1.29 is 13.9 Å². The van der Waals surface area contributed by atoms with Crippen molar-refractivity contribution in [3.8, 4) is 0 Å². The van der Waals surface area contributed by atoms with E-state index in [1.165, 1.54) is 18.2 Å². The maximum atomic E-state index is 12.8. The summed E-state index contributed by atoms with van der Waals surface area (Å²) in [5.41, 5.74) is 1.30. The molecule has 1 aromatic carbocycles. The summed E-state index contributed by atoms with van der Waals surface area (Å²) in [4.78, 5) is 11.0. The molecule has 68 valence electrons. The number of carbonyl (C=O) groups excluding carboxylic acids is 1. The molecule has 0 aromatic heterocycles. The Labute approximate surface area is 74.5 Å². The average Bonchev–Trinajstić information content (AvgIpc) is 2.25. The molecule has 1 aromatic rings. The van der Waals surface area contributed by atoms with Gasteiger partial charge in [-0.2, -0.15) is 0 Å². The fourth-order valence-corrected chi connectivity index (χ4v) is 1.24. The molecule has 0 bridgehead atoms. The molecule has 13 heavy (non-hydrogen) atoms. The molecule has 3 nitrogen and oxygen atoms in total. The summed E-state index contributed by atoms with van der Waals surface area (Å²) in [7, 11) is 0. The van der Waals surface area contributed by atoms with Crippen LogP contribution in [-0.2, 0) is 16.1 Å². The lowest BCUT2D eigenvalue weighted by molar-refractivity contribution is -0.120. The number of nitrogens with one attached hydrogen (secondary N) is 1. The molecule has 0 saturated carbocycles. The smallest absolute Gasteiger partial charge is 0.250 e. The zero-order valence-corrected chi connectivity index (χ0v) is 6.84. The molecule has 0 saturated heterocycles. The molecule has 0 fully saturated rings. The lowest BCUT2D eigenvalue weighted by Gasteiger charge is -2.04. The van der Waals surface area contributed by atoms with Gasteiger partial charge in [-0.1, -0.05) is 0 Å². The number of halogens is 1. The fourth-order valence-electron chi connectivity index (χ4n) is 1.24. The minimum atomic E-state index is -0.321. The zero-order chi connectivity index (χ0) is 9.26. The highest BCUT2D eigenvalue weighted by Crippen LogP contribution is 2.19. The first-order valence-corrected chi connectivity index (χ1v) is 3.92. The van der Waals surface area contributed by atoms with Gasteiger partial charge >= 0.3 is 0 Å². The molecule has 0 unspecified atom stereocenters. The predicted molar refractivity (Wildman–Crippen MR) is 44.7 cm³/mol. The number of benzene rings is 1. The van der Waals surface area contributed by atoms with Crippen LogP contribution in [0.1, 0.15) is 5.56 Å². The standard InChI is InChI=1S/C9H8FNO2/c10-7-1-2-8-6(3-7)4-13-5-9(12)11-8/h1-3H,4-5H2,(H,11,12). The normalized spacial score (nSPS) is 15.9. The summed E-state index contributed by atoms with van der Waals surface area (Å²) in [6, 6.07) is 4.21. The Morgan fingerprint density at radius 1 is 1.38 bits per heavy atom. The third-order valence-electron chi connectivity index (χ3n) is 1.83. The van der Waals surface area contributed by atoms with Crippen molar-refractivity contribution >= 4 is 11.6 Å². The van der Waals surface area contributed by atoms with E-state index in [1.807, 2.05) is 0 Å². The molecule has 0 radical (unpaired) electrons. The molecule has 1 amide bonds. The van der Waals surface area contributed by atoms with Gasteiger partial charge in [-0.15, -0.1) is 0 Å². The highest BCUT2D eigenvalue weighted by atomic mass is 19.1. The zero-order valence-electron chi connectivity index (χ0n) is 6.84. The summed E-state index contributed by atoms with van der Waals surface area (Å²) < 4.78 is 17.8. The van der Waals surface area contributed by atoms with Crippen LogP contribution in [0.15, 0.2) is 18.2 Å². The highest BCUT2D eigenvalue weighted by Gasteiger charge is 2.12. The van der Waals surface area contributed by atoms with Gasteiger partial charge in [0.25, 0.3) is 0 Å². The topological polar surface area (TPSA) is 38.3 Å². The second-order valence-electron chi connectivity index (χ2n) is 2.84. The molecule has 1 heterocycles. The molecular formula is C9H8FNO2. The number of hydrogen-bond donors (Lipinski definition) is 1. The molecule has 2 rings (SSSR count). The maximum Gasteiger partial charge on any atom is 0.250 e. The maximum absolute atomic E-state index is 12.8. The summed E-state index contributed by atoms with van der Waals surface area (Å²) >= 11 is 0. The SMILES string of the molecule is O=C1COCc2cc(F)ccc2N1. The van der Waals surface area contributed by atoms with Crippen LogP contribution >= 0.6 is 0 Å². The summed E-state index contributed by atoms with van der Waals surface area (Å²) in [6.45, 7) is 0.294. The Bertz CT molecular complexity index is 351. The van der Waals surface area contributed by atoms with Gasteiger partial charge in [0.2, 0.25) is 5.91 Å². The summed E-state index contributed by atoms with van der Waals surface area (Å²) in [6.07, 6.45) is 0. The number of rotatable bonds is 0. The van der Waals surface area contributed by atoms with E-state index in [-0.39, 0.29) is 24.9 Å². The van der Waals surface area contributed by atoms with Gasteiger partial charge in [0, 0.05) is 11.3 Å². The van der Waals surface area contributed by atoms with E-state index in [2.05, 4.69) is 5.32 Å². The van der Waals surface area contributed by atoms with Crippen molar-refractivity contribution in [2.24, 2.45) is 0 Å². The number of ether oxygens (including phenoxy) is 1. The minimum Gasteiger partial charge on any atom is -0.367 e. The number of fused-ring (bicyclic) bond motifs is 1. The Morgan fingerprint density at radius 2 is 2.23 bits per heavy atom. The number of carbonyl (C=O) groups is 1. The van der Waals surface area contributed by atoms with Crippen LogP contribution in [-0.4, -0.2) is 12.5 Å². The van der Waals surface area contributed by atoms with Gasteiger partial charge in [-0.25, -0.2) is 4.39 Å². The van der Waals surface area contributed by atoms with Crippen LogP contribution in [0.25, 0.3) is 0 Å². The Balaban J connectivity index is 2.40. The van der Waals surface area contributed by atoms with E-state index < -0.39 is 0 Å². The largest absolute Gasteiger partial charge is 0.367 e. The number of amides is 1. The van der Waals surface area contributed by atoms with Crippen LogP contribution in [0.2, 0.25) is 0 Å². The second kappa shape index (κ2) is 3.14. The van der Waals surface area contributed by atoms with E-state index >= 15 is 0 Å². The monoisotopic (exact) mass is 181 g/mol. The average molecular weight is 181 g/mol. The van der Waals surface area contributed by atoms with E-state index in [1.54, 1.807) is 0 Å². The lowest BCUT2D eigenvalue weighted by atomic mass is 10.2. The Kier molecular flexibility index (Phi) is 1.98. The van der Waals surface area contributed by atoms with E-state index in [9.17, 15) is 9.18 Å². The quantitative estimate of drug-likeness (QED) is 0.655. The molecule has 1 aliphatic heterocycles. The van der Waals surface area contributed by atoms with Gasteiger partial charge in [0.1, 0.15) is 12.4 Å². The Morgan fingerprint density at radius 3 is 3.08 bits per heavy atom. The fraction of sp³-hybridized carbons (Fsp3) is 0.222. The molecule has 0 spiro atoms. The van der Waals surface area contributed by atoms with Gasteiger partial charge in [-0.05, 0) is 18.2 Å². The summed E-state index contributed by atoms with van der Waals surface area (Å²) in [5.74, 6) is -0.524. The first-order valence-electron chi connectivity index (χ1n) is 3.92. The molecule has 4 heteroatoms. The molecule has 0 atom stereocenters. The minimum absolute atomic E-state index is 0.0241. The third kappa shape index (κ3) is 1.67. The van der Waals surface area contributed by atoms with Gasteiger partial charge in [0.05, 0.1) is 6.61 Å². The van der Waals surface area contributed by atoms with E-state index in [0.717, 1.165) is 0 Å². The molecule has 1 N–H and O–H groups in total. The van der Waals surface area contributed by atoms with Gasteiger partial charge in [0.15, 0.2) is 0 Å². The van der Waals surface area contributed by atoms with Crippen LogP contribution < -0.4 is 5.32 Å². The van der Waals surface area contributed by atoms with E-state index in [4.69, 9.17) is 4.74 Å². The van der Waals surface area contributed by atoms with Crippen LogP contribution in [0.3, 0.4) is 0 Å². The second-order valence-corrected chi connectivity index (χ2v) is 2.84. The van der Waals surface area contributed by atoms with Crippen LogP contribution in [0, 0.1) is 5.82 Å². The first-order chi connectivity index (χ1) is 6.25. The van der Waals surface area contributed by atoms with Crippen molar-refractivity contribution in [2.45, 2.75) is 6.61 Å². The van der Waals surface area contributed by atoms with Crippen LogP contribution in [0.5, 0.6) is 0 Å². The summed E-state index contributed by atoms with van der Waals surface area (Å²) in [5, 5.41) is 2.62. The van der Waals surface area contributed by atoms with Gasteiger partial charge in [-0.3, -0.25) is 4.79 Å². The third-order valence-corrected chi connectivity index (χ3v) is 1.83. The Hall–Kier alpha value is -1.42. The predicted octanol–water partition coefficient (Wildman–Crippen LogP) is 1.29.